The minimum atomic E-state index is -2.55. The van der Waals surface area contributed by atoms with Gasteiger partial charge in [-0.2, -0.15) is 5.10 Å². The van der Waals surface area contributed by atoms with Gasteiger partial charge in [-0.3, -0.25) is 19.2 Å². The maximum atomic E-state index is 13.8. The third-order valence-corrected chi connectivity index (χ3v) is 8.55. The molecule has 3 aliphatic rings. The van der Waals surface area contributed by atoms with Crippen LogP contribution < -0.4 is 11.1 Å². The molecule has 3 N–H and O–H groups in total. The molecule has 0 unspecified atom stereocenters. The van der Waals surface area contributed by atoms with Gasteiger partial charge in [0.25, 0.3) is 5.91 Å². The molecule has 3 fully saturated rings. The Hall–Kier alpha value is -3.05. The predicted octanol–water partition coefficient (Wildman–Crippen LogP) is 4.08. The summed E-state index contributed by atoms with van der Waals surface area (Å²) in [6.45, 7) is 6.90. The SMILES string of the molecule is Cc1cc(NC=O)c(-c2c(N)cnn2C2CCOCC2)cc1C(=O)N1CCN(C2CCC(F)(F)CC2)[C@@H](C)C1. The molecule has 212 valence electrons. The summed E-state index contributed by atoms with van der Waals surface area (Å²) >= 11 is 0. The summed E-state index contributed by atoms with van der Waals surface area (Å²) in [5.74, 6) is -2.65. The first-order chi connectivity index (χ1) is 18.7. The van der Waals surface area contributed by atoms with Crippen molar-refractivity contribution in [1.29, 1.82) is 0 Å². The highest BCUT2D eigenvalue weighted by molar-refractivity contribution is 6.00. The number of nitrogen functional groups attached to an aromatic ring is 1. The largest absolute Gasteiger partial charge is 0.396 e. The number of aromatic nitrogens is 2. The zero-order valence-electron chi connectivity index (χ0n) is 22.7. The van der Waals surface area contributed by atoms with Crippen molar-refractivity contribution >= 4 is 23.7 Å². The standard InChI is InChI=1S/C28H38F2N6O3/c1-18-13-25(32-17-37)23(26-24(31)15-33-36(26)21-5-11-39-12-6-21)14-22(18)27(38)34-9-10-35(19(2)16-34)20-3-7-28(29,30)8-4-20/h13-15,17,19-21H,3-12,16,31H2,1-2H3,(H,32,37)/t19-/m0/s1. The van der Waals surface area contributed by atoms with Crippen LogP contribution in [0.1, 0.15) is 67.4 Å². The third-order valence-electron chi connectivity index (χ3n) is 8.55. The van der Waals surface area contributed by atoms with Gasteiger partial charge in [0.2, 0.25) is 12.3 Å². The number of carbonyl (C=O) groups excluding carboxylic acids is 2. The van der Waals surface area contributed by atoms with E-state index in [-0.39, 0.29) is 36.9 Å². The van der Waals surface area contributed by atoms with E-state index < -0.39 is 5.92 Å². The average molecular weight is 545 g/mol. The molecule has 11 heteroatoms. The van der Waals surface area contributed by atoms with Crippen molar-refractivity contribution in [2.75, 3.05) is 43.9 Å². The quantitative estimate of drug-likeness (QED) is 0.531. The first-order valence-corrected chi connectivity index (χ1v) is 13.9. The van der Waals surface area contributed by atoms with Gasteiger partial charge in [-0.15, -0.1) is 0 Å². The maximum Gasteiger partial charge on any atom is 0.254 e. The summed E-state index contributed by atoms with van der Waals surface area (Å²) in [6, 6.07) is 3.92. The molecule has 2 aliphatic heterocycles. The molecular formula is C28H38F2N6O3. The Bertz CT molecular complexity index is 1200. The van der Waals surface area contributed by atoms with Gasteiger partial charge < -0.3 is 20.7 Å². The molecular weight excluding hydrogens is 506 g/mol. The molecule has 39 heavy (non-hydrogen) atoms. The van der Waals surface area contributed by atoms with Crippen LogP contribution in [-0.4, -0.2) is 82.8 Å². The van der Waals surface area contributed by atoms with Crippen molar-refractivity contribution in [2.45, 2.75) is 76.4 Å². The van der Waals surface area contributed by atoms with Crippen molar-refractivity contribution in [2.24, 2.45) is 0 Å². The lowest BCUT2D eigenvalue weighted by Gasteiger charge is -2.46. The Balaban J connectivity index is 1.40. The third kappa shape index (κ3) is 5.65. The Morgan fingerprint density at radius 2 is 1.87 bits per heavy atom. The minimum absolute atomic E-state index is 0.0692. The Morgan fingerprint density at radius 3 is 2.54 bits per heavy atom. The number of anilines is 2. The topological polar surface area (TPSA) is 106 Å². The van der Waals surface area contributed by atoms with E-state index in [1.165, 1.54) is 0 Å². The number of carbonyl (C=O) groups is 2. The summed E-state index contributed by atoms with van der Waals surface area (Å²) in [7, 11) is 0. The predicted molar refractivity (Wildman–Crippen MR) is 145 cm³/mol. The zero-order chi connectivity index (χ0) is 27.7. The molecule has 0 spiro atoms. The highest BCUT2D eigenvalue weighted by Crippen LogP contribution is 2.39. The average Bonchev–Trinajstić information content (AvgIpc) is 3.30. The summed E-state index contributed by atoms with van der Waals surface area (Å²) in [4.78, 5) is 29.5. The van der Waals surface area contributed by atoms with Crippen molar-refractivity contribution < 1.29 is 23.1 Å². The summed E-state index contributed by atoms with van der Waals surface area (Å²) in [6.07, 6.45) is 4.65. The minimum Gasteiger partial charge on any atom is -0.396 e. The van der Waals surface area contributed by atoms with Crippen molar-refractivity contribution in [3.8, 4) is 11.3 Å². The first kappa shape index (κ1) is 27.5. The number of rotatable bonds is 6. The van der Waals surface area contributed by atoms with Crippen LogP contribution >= 0.6 is 0 Å². The van der Waals surface area contributed by atoms with Gasteiger partial charge in [0, 0.05) is 68.9 Å². The lowest BCUT2D eigenvalue weighted by molar-refractivity contribution is -0.105. The van der Waals surface area contributed by atoms with E-state index >= 15 is 0 Å². The second kappa shape index (κ2) is 11.2. The number of halogens is 2. The summed E-state index contributed by atoms with van der Waals surface area (Å²) in [5, 5.41) is 7.32. The zero-order valence-corrected chi connectivity index (χ0v) is 22.7. The van der Waals surface area contributed by atoms with E-state index in [4.69, 9.17) is 10.5 Å². The number of alkyl halides is 2. The van der Waals surface area contributed by atoms with Gasteiger partial charge in [0.05, 0.1) is 29.3 Å². The number of aryl methyl sites for hydroxylation is 1. The van der Waals surface area contributed by atoms with Crippen LogP contribution in [0.2, 0.25) is 0 Å². The Kier molecular flexibility index (Phi) is 7.91. The smallest absolute Gasteiger partial charge is 0.254 e. The molecule has 5 rings (SSSR count). The molecule has 1 saturated carbocycles. The van der Waals surface area contributed by atoms with Gasteiger partial charge in [-0.25, -0.2) is 8.78 Å². The Morgan fingerprint density at radius 1 is 1.15 bits per heavy atom. The summed E-state index contributed by atoms with van der Waals surface area (Å²) < 4.78 is 34.8. The van der Waals surface area contributed by atoms with Crippen molar-refractivity contribution in [1.82, 2.24) is 19.6 Å². The number of hydrogen-bond acceptors (Lipinski definition) is 6. The van der Waals surface area contributed by atoms with Gasteiger partial charge in [-0.05, 0) is 57.2 Å². The number of ether oxygens (including phenoxy) is 1. The fraction of sp³-hybridized carbons (Fsp3) is 0.607. The number of nitrogens with one attached hydrogen (secondary N) is 1. The van der Waals surface area contributed by atoms with Crippen LogP contribution in [0.15, 0.2) is 18.3 Å². The van der Waals surface area contributed by atoms with Gasteiger partial charge in [-0.1, -0.05) is 0 Å². The van der Waals surface area contributed by atoms with E-state index in [2.05, 4.69) is 22.2 Å². The van der Waals surface area contributed by atoms with E-state index in [1.807, 2.05) is 22.6 Å². The molecule has 1 atom stereocenters. The first-order valence-electron chi connectivity index (χ1n) is 13.9. The number of amides is 2. The van der Waals surface area contributed by atoms with Crippen LogP contribution in [0, 0.1) is 6.92 Å². The fourth-order valence-electron chi connectivity index (χ4n) is 6.40. The van der Waals surface area contributed by atoms with Crippen LogP contribution in [-0.2, 0) is 9.53 Å². The number of nitrogens with zero attached hydrogens (tertiary/aromatic N) is 4. The van der Waals surface area contributed by atoms with E-state index in [9.17, 15) is 18.4 Å². The van der Waals surface area contributed by atoms with E-state index in [0.717, 1.165) is 18.4 Å². The molecule has 1 aliphatic carbocycles. The molecule has 1 aromatic carbocycles. The van der Waals surface area contributed by atoms with E-state index in [0.29, 0.717) is 80.3 Å². The molecule has 0 bridgehead atoms. The second-order valence-electron chi connectivity index (χ2n) is 11.1. The number of piperazine rings is 1. The van der Waals surface area contributed by atoms with Crippen LogP contribution in [0.4, 0.5) is 20.2 Å². The van der Waals surface area contributed by atoms with Crippen LogP contribution in [0.25, 0.3) is 11.3 Å². The molecule has 2 saturated heterocycles. The van der Waals surface area contributed by atoms with Crippen LogP contribution in [0.5, 0.6) is 0 Å². The highest BCUT2D eigenvalue weighted by Gasteiger charge is 2.40. The van der Waals surface area contributed by atoms with Gasteiger partial charge in [0.15, 0.2) is 0 Å². The number of benzene rings is 1. The molecule has 2 aromatic rings. The lowest BCUT2D eigenvalue weighted by Crippen LogP contribution is -2.57. The maximum absolute atomic E-state index is 13.8. The molecule has 1 aromatic heterocycles. The normalized spacial score (nSPS) is 23.1. The monoisotopic (exact) mass is 544 g/mol. The lowest BCUT2D eigenvalue weighted by atomic mass is 9.90. The van der Waals surface area contributed by atoms with Gasteiger partial charge >= 0.3 is 0 Å². The second-order valence-corrected chi connectivity index (χ2v) is 11.1. The van der Waals surface area contributed by atoms with Crippen molar-refractivity contribution in [3.63, 3.8) is 0 Å². The number of nitrogens with two attached hydrogens (primary N) is 1. The molecule has 0 radical (unpaired) electrons. The van der Waals surface area contributed by atoms with Crippen LogP contribution in [0.3, 0.4) is 0 Å². The Labute approximate surface area is 227 Å². The fourth-order valence-corrected chi connectivity index (χ4v) is 6.40. The van der Waals surface area contributed by atoms with E-state index in [1.54, 1.807) is 12.3 Å². The van der Waals surface area contributed by atoms with Gasteiger partial charge in [0.1, 0.15) is 0 Å². The highest BCUT2D eigenvalue weighted by atomic mass is 19.3. The molecule has 3 heterocycles. The van der Waals surface area contributed by atoms with Crippen molar-refractivity contribution in [3.05, 3.63) is 29.5 Å². The summed E-state index contributed by atoms with van der Waals surface area (Å²) in [5.41, 5.74) is 10.0. The number of hydrogen-bond donors (Lipinski definition) is 2. The molecule has 9 nitrogen and oxygen atoms in total. The molecule has 2 amide bonds.